The number of nitrogens with zero attached hydrogens (tertiary/aromatic N) is 1. The lowest BCUT2D eigenvalue weighted by atomic mass is 10.2. The van der Waals surface area contributed by atoms with Crippen LogP contribution >= 0.6 is 0 Å². The Labute approximate surface area is 77.2 Å². The number of aromatic nitrogens is 1. The van der Waals surface area contributed by atoms with E-state index in [2.05, 4.69) is 0 Å². The highest BCUT2D eigenvalue weighted by molar-refractivity contribution is 5.09. The Kier molecular flexibility index (Phi) is 3.67. The Bertz CT molecular complexity index is 319. The summed E-state index contributed by atoms with van der Waals surface area (Å²) in [5.41, 5.74) is 11.4. The molecule has 0 atom stereocenters. The molecule has 13 heavy (non-hydrogen) atoms. The Morgan fingerprint density at radius 2 is 2.15 bits per heavy atom. The summed E-state index contributed by atoms with van der Waals surface area (Å²) in [5.74, 6) is 0. The maximum absolute atomic E-state index is 11.5. The van der Waals surface area contributed by atoms with Crippen LogP contribution in [0.15, 0.2) is 23.1 Å². The Morgan fingerprint density at radius 3 is 2.77 bits per heavy atom. The van der Waals surface area contributed by atoms with Gasteiger partial charge in [0.15, 0.2) is 0 Å². The van der Waals surface area contributed by atoms with E-state index in [1.54, 1.807) is 16.8 Å². The van der Waals surface area contributed by atoms with Gasteiger partial charge in [-0.2, -0.15) is 0 Å². The predicted molar refractivity (Wildman–Crippen MR) is 52.3 cm³/mol. The van der Waals surface area contributed by atoms with Gasteiger partial charge in [0, 0.05) is 24.8 Å². The largest absolute Gasteiger partial charge is 0.330 e. The van der Waals surface area contributed by atoms with Crippen molar-refractivity contribution in [3.05, 3.63) is 34.2 Å². The van der Waals surface area contributed by atoms with Gasteiger partial charge in [-0.3, -0.25) is 4.79 Å². The van der Waals surface area contributed by atoms with Crippen LogP contribution in [0, 0.1) is 0 Å². The first-order chi connectivity index (χ1) is 6.29. The van der Waals surface area contributed by atoms with Crippen LogP contribution in [-0.4, -0.2) is 11.1 Å². The van der Waals surface area contributed by atoms with Crippen LogP contribution in [0.1, 0.15) is 12.0 Å². The van der Waals surface area contributed by atoms with E-state index in [1.165, 1.54) is 0 Å². The lowest BCUT2D eigenvalue weighted by Crippen LogP contribution is -2.25. The molecule has 72 valence electrons. The van der Waals surface area contributed by atoms with Gasteiger partial charge in [-0.15, -0.1) is 0 Å². The van der Waals surface area contributed by atoms with E-state index in [9.17, 15) is 4.79 Å². The smallest absolute Gasteiger partial charge is 0.255 e. The number of nitrogens with two attached hydrogens (primary N) is 2. The molecule has 4 N–H and O–H groups in total. The zero-order valence-electron chi connectivity index (χ0n) is 7.57. The van der Waals surface area contributed by atoms with E-state index in [1.807, 2.05) is 6.07 Å². The molecule has 0 spiro atoms. The average Bonchev–Trinajstić information content (AvgIpc) is 2.16. The third-order valence-electron chi connectivity index (χ3n) is 1.92. The first kappa shape index (κ1) is 9.95. The van der Waals surface area contributed by atoms with E-state index in [0.29, 0.717) is 25.2 Å². The molecule has 0 aliphatic carbocycles. The van der Waals surface area contributed by atoms with Crippen LogP contribution in [-0.2, 0) is 13.1 Å². The fourth-order valence-electron chi connectivity index (χ4n) is 1.18. The molecule has 0 aromatic carbocycles. The van der Waals surface area contributed by atoms with E-state index in [0.717, 1.165) is 6.42 Å². The zero-order chi connectivity index (χ0) is 9.68. The minimum absolute atomic E-state index is 0.00144. The molecule has 0 amide bonds. The van der Waals surface area contributed by atoms with Gasteiger partial charge in [0.1, 0.15) is 0 Å². The number of hydrogen-bond acceptors (Lipinski definition) is 3. The van der Waals surface area contributed by atoms with E-state index < -0.39 is 0 Å². The molecule has 0 aliphatic heterocycles. The van der Waals surface area contributed by atoms with Crippen molar-refractivity contribution >= 4 is 0 Å². The Hall–Kier alpha value is -1.13. The minimum atomic E-state index is -0.00144. The van der Waals surface area contributed by atoms with Crippen molar-refractivity contribution in [2.75, 3.05) is 6.54 Å². The van der Waals surface area contributed by atoms with E-state index in [-0.39, 0.29) is 5.56 Å². The lowest BCUT2D eigenvalue weighted by Gasteiger charge is -2.05. The molecule has 4 nitrogen and oxygen atoms in total. The Morgan fingerprint density at radius 1 is 1.38 bits per heavy atom. The second-order valence-corrected chi connectivity index (χ2v) is 2.88. The summed E-state index contributed by atoms with van der Waals surface area (Å²) in [6.07, 6.45) is 2.57. The van der Waals surface area contributed by atoms with Gasteiger partial charge in [0.25, 0.3) is 5.56 Å². The van der Waals surface area contributed by atoms with Gasteiger partial charge < -0.3 is 16.0 Å². The highest BCUT2D eigenvalue weighted by Gasteiger charge is 1.99. The topological polar surface area (TPSA) is 74.0 Å². The van der Waals surface area contributed by atoms with Crippen LogP contribution in [0.3, 0.4) is 0 Å². The summed E-state index contributed by atoms with van der Waals surface area (Å²) in [6.45, 7) is 1.56. The van der Waals surface area contributed by atoms with Gasteiger partial charge in [-0.05, 0) is 19.0 Å². The Balaban J connectivity index is 2.88. The number of pyridine rings is 1. The minimum Gasteiger partial charge on any atom is -0.330 e. The van der Waals surface area contributed by atoms with Crippen molar-refractivity contribution in [2.45, 2.75) is 19.5 Å². The summed E-state index contributed by atoms with van der Waals surface area (Å²) in [7, 11) is 0. The van der Waals surface area contributed by atoms with Crippen molar-refractivity contribution in [2.24, 2.45) is 11.5 Å². The molecule has 0 saturated carbocycles. The molecule has 0 aliphatic rings. The fourth-order valence-corrected chi connectivity index (χ4v) is 1.18. The van der Waals surface area contributed by atoms with E-state index >= 15 is 0 Å². The molecular weight excluding hydrogens is 166 g/mol. The number of rotatable bonds is 4. The molecular formula is C9H15N3O. The first-order valence-corrected chi connectivity index (χ1v) is 4.38. The van der Waals surface area contributed by atoms with E-state index in [4.69, 9.17) is 11.5 Å². The van der Waals surface area contributed by atoms with Crippen molar-refractivity contribution in [3.63, 3.8) is 0 Å². The molecule has 0 bridgehead atoms. The molecule has 0 radical (unpaired) electrons. The molecule has 0 saturated heterocycles. The SMILES string of the molecule is NCCCn1cccc(CN)c1=O. The zero-order valence-corrected chi connectivity index (χ0v) is 7.57. The standard InChI is InChI=1S/C9H15N3O/c10-4-2-6-12-5-1-3-8(7-11)9(12)13/h1,3,5H,2,4,6-7,10-11H2. The van der Waals surface area contributed by atoms with Crippen LogP contribution in [0.4, 0.5) is 0 Å². The molecule has 1 aromatic heterocycles. The van der Waals surface area contributed by atoms with Gasteiger partial charge in [-0.25, -0.2) is 0 Å². The van der Waals surface area contributed by atoms with Crippen LogP contribution < -0.4 is 17.0 Å². The molecule has 0 unspecified atom stereocenters. The van der Waals surface area contributed by atoms with Crippen molar-refractivity contribution in [1.29, 1.82) is 0 Å². The number of hydrogen-bond donors (Lipinski definition) is 2. The quantitative estimate of drug-likeness (QED) is 0.667. The predicted octanol–water partition coefficient (Wildman–Crippen LogP) is -0.344. The van der Waals surface area contributed by atoms with Crippen LogP contribution in [0.5, 0.6) is 0 Å². The van der Waals surface area contributed by atoms with Crippen LogP contribution in [0.25, 0.3) is 0 Å². The molecule has 1 rings (SSSR count). The molecule has 1 aromatic rings. The fraction of sp³-hybridized carbons (Fsp3) is 0.444. The lowest BCUT2D eigenvalue weighted by molar-refractivity contribution is 0.624. The molecule has 1 heterocycles. The third kappa shape index (κ3) is 2.40. The van der Waals surface area contributed by atoms with Gasteiger partial charge in [0.2, 0.25) is 0 Å². The highest BCUT2D eigenvalue weighted by atomic mass is 16.1. The monoisotopic (exact) mass is 181 g/mol. The van der Waals surface area contributed by atoms with Gasteiger partial charge >= 0.3 is 0 Å². The summed E-state index contributed by atoms with van der Waals surface area (Å²) in [6, 6.07) is 3.58. The maximum Gasteiger partial charge on any atom is 0.255 e. The summed E-state index contributed by atoms with van der Waals surface area (Å²) in [4.78, 5) is 11.5. The summed E-state index contributed by atoms with van der Waals surface area (Å²) < 4.78 is 1.65. The normalized spacial score (nSPS) is 10.3. The molecule has 4 heteroatoms. The van der Waals surface area contributed by atoms with Gasteiger partial charge in [-0.1, -0.05) is 6.07 Å². The van der Waals surface area contributed by atoms with Gasteiger partial charge in [0.05, 0.1) is 0 Å². The second kappa shape index (κ2) is 4.79. The highest BCUT2D eigenvalue weighted by Crippen LogP contribution is 1.91. The maximum atomic E-state index is 11.5. The summed E-state index contributed by atoms with van der Waals surface area (Å²) >= 11 is 0. The van der Waals surface area contributed by atoms with Crippen molar-refractivity contribution in [3.8, 4) is 0 Å². The van der Waals surface area contributed by atoms with Crippen LogP contribution in [0.2, 0.25) is 0 Å². The summed E-state index contributed by atoms with van der Waals surface area (Å²) in [5, 5.41) is 0. The third-order valence-corrected chi connectivity index (χ3v) is 1.92. The first-order valence-electron chi connectivity index (χ1n) is 4.38. The van der Waals surface area contributed by atoms with Crippen molar-refractivity contribution < 1.29 is 0 Å². The molecule has 0 fully saturated rings. The average molecular weight is 181 g/mol. The number of aryl methyl sites for hydroxylation is 1. The van der Waals surface area contributed by atoms with Crippen molar-refractivity contribution in [1.82, 2.24) is 4.57 Å². The second-order valence-electron chi connectivity index (χ2n) is 2.88.